The summed E-state index contributed by atoms with van der Waals surface area (Å²) < 4.78 is 11.0. The van der Waals surface area contributed by atoms with Crippen LogP contribution in [0.15, 0.2) is 12.1 Å². The van der Waals surface area contributed by atoms with Crippen LogP contribution in [0.3, 0.4) is 0 Å². The molecule has 5 heteroatoms. The van der Waals surface area contributed by atoms with Crippen LogP contribution < -0.4 is 4.74 Å². The molecule has 1 fully saturated rings. The van der Waals surface area contributed by atoms with Gasteiger partial charge in [0.25, 0.3) is 0 Å². The van der Waals surface area contributed by atoms with Crippen molar-refractivity contribution in [2.45, 2.75) is 6.92 Å². The number of morpholine rings is 1. The van der Waals surface area contributed by atoms with Crippen LogP contribution in [0.25, 0.3) is 0 Å². The molecule has 0 aliphatic carbocycles. The van der Waals surface area contributed by atoms with Gasteiger partial charge in [0.1, 0.15) is 17.4 Å². The van der Waals surface area contributed by atoms with Crippen molar-refractivity contribution >= 4 is 23.2 Å². The maximum absolute atomic E-state index is 6.13. The van der Waals surface area contributed by atoms with E-state index < -0.39 is 0 Å². The van der Waals surface area contributed by atoms with Crippen molar-refractivity contribution in [3.8, 4) is 5.75 Å². The molecule has 0 amide bonds. The lowest BCUT2D eigenvalue weighted by Crippen LogP contribution is -2.38. The highest BCUT2D eigenvalue weighted by molar-refractivity contribution is 6.43. The first kappa shape index (κ1) is 13.9. The van der Waals surface area contributed by atoms with Gasteiger partial charge in [-0.3, -0.25) is 4.90 Å². The van der Waals surface area contributed by atoms with Crippen LogP contribution in [0.1, 0.15) is 5.56 Å². The smallest absolute Gasteiger partial charge is 0.139 e. The summed E-state index contributed by atoms with van der Waals surface area (Å²) in [7, 11) is 0. The van der Waals surface area contributed by atoms with Gasteiger partial charge < -0.3 is 9.47 Å². The number of aryl methyl sites for hydroxylation is 1. The van der Waals surface area contributed by atoms with E-state index in [9.17, 15) is 0 Å². The van der Waals surface area contributed by atoms with Crippen molar-refractivity contribution in [1.29, 1.82) is 0 Å². The number of ether oxygens (including phenoxy) is 2. The molecule has 1 aliphatic rings. The summed E-state index contributed by atoms with van der Waals surface area (Å²) in [6, 6.07) is 3.78. The molecule has 1 aromatic rings. The fourth-order valence-corrected chi connectivity index (χ4v) is 2.27. The van der Waals surface area contributed by atoms with E-state index in [1.165, 1.54) is 0 Å². The Morgan fingerprint density at radius 3 is 2.67 bits per heavy atom. The minimum Gasteiger partial charge on any atom is -0.491 e. The average molecular weight is 290 g/mol. The zero-order valence-corrected chi connectivity index (χ0v) is 11.9. The second-order valence-corrected chi connectivity index (χ2v) is 5.07. The number of hydrogen-bond acceptors (Lipinski definition) is 3. The highest BCUT2D eigenvalue weighted by atomic mass is 35.5. The molecule has 0 spiro atoms. The molecule has 0 radical (unpaired) electrons. The molecule has 100 valence electrons. The van der Waals surface area contributed by atoms with Gasteiger partial charge in [-0.1, -0.05) is 29.3 Å². The molecule has 3 nitrogen and oxygen atoms in total. The molecule has 1 aromatic carbocycles. The average Bonchev–Trinajstić information content (AvgIpc) is 2.40. The van der Waals surface area contributed by atoms with E-state index in [1.807, 2.05) is 19.1 Å². The van der Waals surface area contributed by atoms with Gasteiger partial charge in [0.15, 0.2) is 0 Å². The van der Waals surface area contributed by atoms with E-state index in [0.29, 0.717) is 22.4 Å². The van der Waals surface area contributed by atoms with Gasteiger partial charge in [0.05, 0.1) is 18.2 Å². The van der Waals surface area contributed by atoms with Crippen LogP contribution in [0.4, 0.5) is 0 Å². The topological polar surface area (TPSA) is 21.7 Å². The first-order valence-corrected chi connectivity index (χ1v) is 6.81. The summed E-state index contributed by atoms with van der Waals surface area (Å²) in [6.45, 7) is 6.95. The highest BCUT2D eigenvalue weighted by Gasteiger charge is 2.11. The molecule has 18 heavy (non-hydrogen) atoms. The number of rotatable bonds is 4. The van der Waals surface area contributed by atoms with Gasteiger partial charge in [0, 0.05) is 19.6 Å². The van der Waals surface area contributed by atoms with Gasteiger partial charge in [-0.25, -0.2) is 0 Å². The minimum atomic E-state index is 0.499. The van der Waals surface area contributed by atoms with E-state index in [1.54, 1.807) is 0 Å². The van der Waals surface area contributed by atoms with Crippen LogP contribution in [0, 0.1) is 6.92 Å². The molecule has 0 unspecified atom stereocenters. The molecule has 1 saturated heterocycles. The van der Waals surface area contributed by atoms with Crippen molar-refractivity contribution < 1.29 is 9.47 Å². The predicted molar refractivity (Wildman–Crippen MR) is 74.0 cm³/mol. The minimum absolute atomic E-state index is 0.499. The lowest BCUT2D eigenvalue weighted by molar-refractivity contribution is 0.0322. The van der Waals surface area contributed by atoms with E-state index in [0.717, 1.165) is 38.4 Å². The second-order valence-electron chi connectivity index (χ2n) is 4.31. The third-order valence-electron chi connectivity index (χ3n) is 3.01. The van der Waals surface area contributed by atoms with Crippen LogP contribution in [-0.4, -0.2) is 44.4 Å². The third kappa shape index (κ3) is 3.51. The van der Waals surface area contributed by atoms with Crippen molar-refractivity contribution in [3.63, 3.8) is 0 Å². The Morgan fingerprint density at radius 2 is 1.94 bits per heavy atom. The molecule has 1 heterocycles. The molecule has 2 rings (SSSR count). The monoisotopic (exact) mass is 289 g/mol. The molecular formula is C13H17Cl2NO2. The molecule has 1 aliphatic heterocycles. The third-order valence-corrected chi connectivity index (χ3v) is 3.97. The largest absolute Gasteiger partial charge is 0.491 e. The quantitative estimate of drug-likeness (QED) is 0.851. The molecular weight excluding hydrogens is 273 g/mol. The number of nitrogens with zero attached hydrogens (tertiary/aromatic N) is 1. The van der Waals surface area contributed by atoms with Crippen LogP contribution >= 0.6 is 23.2 Å². The Balaban J connectivity index is 1.84. The van der Waals surface area contributed by atoms with Gasteiger partial charge in [-0.15, -0.1) is 0 Å². The fraction of sp³-hybridized carbons (Fsp3) is 0.538. The normalized spacial score (nSPS) is 16.8. The van der Waals surface area contributed by atoms with E-state index >= 15 is 0 Å². The number of halogens is 2. The Bertz CT molecular complexity index is 406. The Kier molecular flexibility index (Phi) is 5.13. The number of hydrogen-bond donors (Lipinski definition) is 0. The zero-order valence-electron chi connectivity index (χ0n) is 10.4. The Morgan fingerprint density at radius 1 is 1.22 bits per heavy atom. The first-order chi connectivity index (χ1) is 8.68. The second kappa shape index (κ2) is 6.62. The maximum atomic E-state index is 6.13. The van der Waals surface area contributed by atoms with Gasteiger partial charge in [-0.2, -0.15) is 0 Å². The SMILES string of the molecule is Cc1ccc(OCCN2CCOCC2)c(Cl)c1Cl. The summed E-state index contributed by atoms with van der Waals surface area (Å²) in [4.78, 5) is 2.31. The van der Waals surface area contributed by atoms with Gasteiger partial charge in [0.2, 0.25) is 0 Å². The Labute approximate surface area is 118 Å². The lowest BCUT2D eigenvalue weighted by atomic mass is 10.2. The summed E-state index contributed by atoms with van der Waals surface area (Å²) >= 11 is 12.2. The van der Waals surface area contributed by atoms with Crippen LogP contribution in [0.5, 0.6) is 5.75 Å². The molecule has 0 N–H and O–H groups in total. The molecule has 0 aromatic heterocycles. The van der Waals surface area contributed by atoms with E-state index in [2.05, 4.69) is 4.90 Å². The van der Waals surface area contributed by atoms with Crippen molar-refractivity contribution in [3.05, 3.63) is 27.7 Å². The zero-order chi connectivity index (χ0) is 13.0. The summed E-state index contributed by atoms with van der Waals surface area (Å²) in [5.74, 6) is 0.653. The van der Waals surface area contributed by atoms with Crippen molar-refractivity contribution in [2.75, 3.05) is 39.5 Å². The molecule has 0 saturated carbocycles. The van der Waals surface area contributed by atoms with Gasteiger partial charge in [-0.05, 0) is 18.6 Å². The fourth-order valence-electron chi connectivity index (χ4n) is 1.85. The lowest BCUT2D eigenvalue weighted by Gasteiger charge is -2.26. The summed E-state index contributed by atoms with van der Waals surface area (Å²) in [6.07, 6.45) is 0. The van der Waals surface area contributed by atoms with Crippen LogP contribution in [0.2, 0.25) is 10.0 Å². The van der Waals surface area contributed by atoms with Crippen molar-refractivity contribution in [1.82, 2.24) is 4.90 Å². The van der Waals surface area contributed by atoms with Crippen LogP contribution in [-0.2, 0) is 4.74 Å². The Hall–Kier alpha value is -0.480. The summed E-state index contributed by atoms with van der Waals surface area (Å²) in [5.41, 5.74) is 0.960. The molecule has 0 bridgehead atoms. The number of benzene rings is 1. The highest BCUT2D eigenvalue weighted by Crippen LogP contribution is 2.34. The van der Waals surface area contributed by atoms with E-state index in [-0.39, 0.29) is 0 Å². The first-order valence-electron chi connectivity index (χ1n) is 6.06. The van der Waals surface area contributed by atoms with Gasteiger partial charge >= 0.3 is 0 Å². The van der Waals surface area contributed by atoms with Crippen molar-refractivity contribution in [2.24, 2.45) is 0 Å². The maximum Gasteiger partial charge on any atom is 0.139 e. The molecule has 0 atom stereocenters. The predicted octanol–water partition coefficient (Wildman–Crippen LogP) is 3.01. The summed E-state index contributed by atoms with van der Waals surface area (Å²) in [5, 5.41) is 1.07. The van der Waals surface area contributed by atoms with E-state index in [4.69, 9.17) is 32.7 Å². The standard InChI is InChI=1S/C13H17Cl2NO2/c1-10-2-3-11(13(15)12(10)14)18-9-6-16-4-7-17-8-5-16/h2-3H,4-9H2,1H3.